The number of hydrogen-bond donors (Lipinski definition) is 2. The van der Waals surface area contributed by atoms with E-state index in [4.69, 9.17) is 16.3 Å². The first-order valence-corrected chi connectivity index (χ1v) is 9.15. The Labute approximate surface area is 158 Å². The van der Waals surface area contributed by atoms with Gasteiger partial charge in [0.15, 0.2) is 0 Å². The lowest BCUT2D eigenvalue weighted by atomic mass is 9.76. The van der Waals surface area contributed by atoms with Gasteiger partial charge in [-0.25, -0.2) is 0 Å². The Morgan fingerprint density at radius 3 is 2.65 bits per heavy atom. The van der Waals surface area contributed by atoms with E-state index in [2.05, 4.69) is 24.8 Å². The molecule has 2 aliphatic heterocycles. The second-order valence-electron chi connectivity index (χ2n) is 7.48. The van der Waals surface area contributed by atoms with Crippen molar-refractivity contribution in [2.45, 2.75) is 37.5 Å². The highest BCUT2D eigenvalue weighted by Gasteiger charge is 2.57. The Morgan fingerprint density at radius 1 is 1.19 bits per heavy atom. The summed E-state index contributed by atoms with van der Waals surface area (Å²) in [6.07, 6.45) is 4.04. The maximum Gasteiger partial charge on any atom is 0.211 e. The van der Waals surface area contributed by atoms with Gasteiger partial charge in [0.05, 0.1) is 17.9 Å². The van der Waals surface area contributed by atoms with Crippen LogP contribution in [0.1, 0.15) is 36.1 Å². The van der Waals surface area contributed by atoms with Crippen molar-refractivity contribution < 1.29 is 14.9 Å². The van der Waals surface area contributed by atoms with E-state index >= 15 is 0 Å². The summed E-state index contributed by atoms with van der Waals surface area (Å²) in [7, 11) is 2.00. The van der Waals surface area contributed by atoms with Crippen LogP contribution in [-0.4, -0.2) is 23.0 Å². The van der Waals surface area contributed by atoms with Crippen LogP contribution in [-0.2, 0) is 17.9 Å². The third-order valence-corrected chi connectivity index (χ3v) is 6.03. The number of likely N-dealkylation sites (N-methyl/N-ethyl adjacent to an activating group) is 1. The van der Waals surface area contributed by atoms with Crippen LogP contribution >= 0.6 is 11.6 Å². The summed E-state index contributed by atoms with van der Waals surface area (Å²) in [5.41, 5.74) is 3.62. The minimum absolute atomic E-state index is 0.00372. The van der Waals surface area contributed by atoms with Gasteiger partial charge in [0.2, 0.25) is 5.72 Å². The minimum atomic E-state index is -0.714. The number of hydrogen-bond acceptors (Lipinski definition) is 4. The standard InChI is InChI=1S/C21H22ClNO3/c1-20(2)17-5-4-13(12-24)8-18(17)23(3)21(20)7-6-14-9-16(25)10-15(11-22)19(14)26-21/h4-10,24-25H,11-12H2,1-3H3. The summed E-state index contributed by atoms with van der Waals surface area (Å²) in [4.78, 5) is 2.12. The van der Waals surface area contributed by atoms with E-state index in [1.165, 1.54) is 0 Å². The maximum atomic E-state index is 9.93. The van der Waals surface area contributed by atoms with Gasteiger partial charge in [-0.15, -0.1) is 11.6 Å². The van der Waals surface area contributed by atoms with Crippen LogP contribution < -0.4 is 9.64 Å². The van der Waals surface area contributed by atoms with Crippen LogP contribution in [0.4, 0.5) is 5.69 Å². The maximum absolute atomic E-state index is 9.93. The predicted octanol–water partition coefficient (Wildman–Crippen LogP) is 4.15. The van der Waals surface area contributed by atoms with Crippen molar-refractivity contribution in [2.24, 2.45) is 0 Å². The third-order valence-electron chi connectivity index (χ3n) is 5.74. The molecule has 1 unspecified atom stereocenters. The highest BCUT2D eigenvalue weighted by atomic mass is 35.5. The van der Waals surface area contributed by atoms with Crippen LogP contribution in [0.25, 0.3) is 6.08 Å². The minimum Gasteiger partial charge on any atom is -0.508 e. The molecule has 4 nitrogen and oxygen atoms in total. The van der Waals surface area contributed by atoms with Gasteiger partial charge in [-0.2, -0.15) is 0 Å². The first-order chi connectivity index (χ1) is 12.3. The molecule has 26 heavy (non-hydrogen) atoms. The van der Waals surface area contributed by atoms with Crippen molar-refractivity contribution in [2.75, 3.05) is 11.9 Å². The number of fused-ring (bicyclic) bond motifs is 2. The van der Waals surface area contributed by atoms with Gasteiger partial charge in [0.25, 0.3) is 0 Å². The number of aliphatic hydroxyl groups is 1. The van der Waals surface area contributed by atoms with Crippen molar-refractivity contribution in [1.29, 1.82) is 0 Å². The second kappa shape index (κ2) is 5.66. The van der Waals surface area contributed by atoms with Crippen molar-refractivity contribution in [1.82, 2.24) is 0 Å². The van der Waals surface area contributed by atoms with Crippen molar-refractivity contribution in [3.8, 4) is 11.5 Å². The molecule has 136 valence electrons. The fourth-order valence-corrected chi connectivity index (χ4v) is 4.42. The first-order valence-electron chi connectivity index (χ1n) is 8.62. The number of alkyl halides is 1. The number of benzene rings is 2. The molecule has 0 amide bonds. The molecule has 2 N–H and O–H groups in total. The Balaban J connectivity index is 1.89. The zero-order valence-electron chi connectivity index (χ0n) is 15.1. The summed E-state index contributed by atoms with van der Waals surface area (Å²) in [5.74, 6) is 1.14. The summed E-state index contributed by atoms with van der Waals surface area (Å²) >= 11 is 6.11. The van der Waals surface area contributed by atoms with Crippen molar-refractivity contribution in [3.63, 3.8) is 0 Å². The zero-order chi connectivity index (χ0) is 18.7. The molecule has 1 spiro atoms. The molecule has 2 aromatic rings. The van der Waals surface area contributed by atoms with Gasteiger partial charge in [-0.05, 0) is 55.3 Å². The summed E-state index contributed by atoms with van der Waals surface area (Å²) in [6.45, 7) is 4.32. The quantitative estimate of drug-likeness (QED) is 0.778. The van der Waals surface area contributed by atoms with E-state index in [0.717, 1.165) is 27.9 Å². The molecule has 0 radical (unpaired) electrons. The normalized spacial score (nSPS) is 22.3. The highest BCUT2D eigenvalue weighted by molar-refractivity contribution is 6.17. The summed E-state index contributed by atoms with van der Waals surface area (Å²) in [6, 6.07) is 9.37. The Hall–Kier alpha value is -2.17. The van der Waals surface area contributed by atoms with E-state index in [1.807, 2.05) is 31.3 Å². The van der Waals surface area contributed by atoms with Crippen LogP contribution in [0.3, 0.4) is 0 Å². The fourth-order valence-electron chi connectivity index (χ4n) is 4.22. The molecule has 0 saturated heterocycles. The van der Waals surface area contributed by atoms with Crippen LogP contribution in [0.2, 0.25) is 0 Å². The Morgan fingerprint density at radius 2 is 1.96 bits per heavy atom. The predicted molar refractivity (Wildman–Crippen MR) is 104 cm³/mol. The molecular formula is C21H22ClNO3. The van der Waals surface area contributed by atoms with Gasteiger partial charge in [0.1, 0.15) is 11.5 Å². The number of aliphatic hydroxyl groups excluding tert-OH is 1. The first kappa shape index (κ1) is 17.3. The summed E-state index contributed by atoms with van der Waals surface area (Å²) < 4.78 is 6.62. The highest BCUT2D eigenvalue weighted by Crippen LogP contribution is 2.55. The van der Waals surface area contributed by atoms with Gasteiger partial charge in [-0.3, -0.25) is 0 Å². The second-order valence-corrected chi connectivity index (χ2v) is 7.75. The van der Waals surface area contributed by atoms with E-state index in [0.29, 0.717) is 5.75 Å². The number of phenolic OH excluding ortho intramolecular Hbond substituents is 1. The van der Waals surface area contributed by atoms with Crippen LogP contribution in [0.15, 0.2) is 36.4 Å². The molecule has 2 heterocycles. The average Bonchev–Trinajstić information content (AvgIpc) is 2.79. The van der Waals surface area contributed by atoms with Gasteiger partial charge in [0, 0.05) is 23.9 Å². The van der Waals surface area contributed by atoms with Crippen LogP contribution in [0, 0.1) is 0 Å². The number of rotatable bonds is 2. The average molecular weight is 372 g/mol. The molecule has 0 fully saturated rings. The third kappa shape index (κ3) is 2.12. The fraction of sp³-hybridized carbons (Fsp3) is 0.333. The lowest BCUT2D eigenvalue weighted by Crippen LogP contribution is -2.58. The number of phenols is 1. The largest absolute Gasteiger partial charge is 0.508 e. The van der Waals surface area contributed by atoms with E-state index in [1.54, 1.807) is 12.1 Å². The Kier molecular flexibility index (Phi) is 3.76. The molecule has 5 heteroatoms. The number of aromatic hydroxyl groups is 1. The monoisotopic (exact) mass is 371 g/mol. The molecule has 4 rings (SSSR count). The number of nitrogens with zero attached hydrogens (tertiary/aromatic N) is 1. The summed E-state index contributed by atoms with van der Waals surface area (Å²) in [5, 5.41) is 19.4. The van der Waals surface area contributed by atoms with Crippen molar-refractivity contribution in [3.05, 3.63) is 58.7 Å². The molecule has 0 bridgehead atoms. The van der Waals surface area contributed by atoms with Gasteiger partial charge in [-0.1, -0.05) is 12.1 Å². The van der Waals surface area contributed by atoms with E-state index in [-0.39, 0.29) is 23.7 Å². The SMILES string of the molecule is CN1c2cc(CO)ccc2C(C)(C)C12C=Cc1cc(O)cc(CCl)c1O2. The van der Waals surface area contributed by atoms with E-state index < -0.39 is 5.72 Å². The molecule has 2 aliphatic rings. The molecule has 1 atom stereocenters. The molecule has 2 aromatic carbocycles. The lowest BCUT2D eigenvalue weighted by molar-refractivity contribution is 0.0573. The van der Waals surface area contributed by atoms with Gasteiger partial charge < -0.3 is 19.8 Å². The number of halogens is 1. The van der Waals surface area contributed by atoms with E-state index in [9.17, 15) is 10.2 Å². The molecule has 0 aliphatic carbocycles. The molecular weight excluding hydrogens is 350 g/mol. The molecule has 0 saturated carbocycles. The van der Waals surface area contributed by atoms with Crippen LogP contribution in [0.5, 0.6) is 11.5 Å². The van der Waals surface area contributed by atoms with Crippen molar-refractivity contribution >= 4 is 23.4 Å². The topological polar surface area (TPSA) is 52.9 Å². The zero-order valence-corrected chi connectivity index (χ0v) is 15.8. The Bertz CT molecular complexity index is 922. The number of anilines is 1. The smallest absolute Gasteiger partial charge is 0.211 e. The van der Waals surface area contributed by atoms with Gasteiger partial charge >= 0.3 is 0 Å². The lowest BCUT2D eigenvalue weighted by Gasteiger charge is -2.46. The molecule has 0 aromatic heterocycles. The number of ether oxygens (including phenoxy) is 1.